The molecule has 2 heterocycles. The SMILES string of the molecule is CN1CCC(CCN2CCC(C(=O)O)CC2=O)C1. The van der Waals surface area contributed by atoms with E-state index >= 15 is 0 Å². The summed E-state index contributed by atoms with van der Waals surface area (Å²) in [5.74, 6) is -0.591. The molecule has 2 aliphatic heterocycles. The number of carbonyl (C=O) groups excluding carboxylic acids is 1. The Morgan fingerprint density at radius 3 is 2.72 bits per heavy atom. The lowest BCUT2D eigenvalue weighted by Crippen LogP contribution is -2.41. The number of amides is 1. The molecule has 2 atom stereocenters. The molecular weight excluding hydrogens is 232 g/mol. The molecule has 18 heavy (non-hydrogen) atoms. The molecule has 1 N–H and O–H groups in total. The lowest BCUT2D eigenvalue weighted by Gasteiger charge is -2.30. The highest BCUT2D eigenvalue weighted by molar-refractivity contribution is 5.83. The Labute approximate surface area is 108 Å². The Balaban J connectivity index is 1.74. The highest BCUT2D eigenvalue weighted by Gasteiger charge is 2.30. The van der Waals surface area contributed by atoms with Crippen molar-refractivity contribution in [1.29, 1.82) is 0 Å². The van der Waals surface area contributed by atoms with Crippen molar-refractivity contribution in [3.63, 3.8) is 0 Å². The number of carboxylic acids is 1. The van der Waals surface area contributed by atoms with E-state index in [0.717, 1.165) is 26.1 Å². The summed E-state index contributed by atoms with van der Waals surface area (Å²) in [5.41, 5.74) is 0. The molecule has 0 spiro atoms. The minimum absolute atomic E-state index is 0.0139. The fourth-order valence-electron chi connectivity index (χ4n) is 2.93. The predicted molar refractivity (Wildman–Crippen MR) is 67.2 cm³/mol. The number of likely N-dealkylation sites (tertiary alicyclic amines) is 2. The number of rotatable bonds is 4. The molecule has 2 aliphatic rings. The van der Waals surface area contributed by atoms with Gasteiger partial charge in [-0.1, -0.05) is 0 Å². The van der Waals surface area contributed by atoms with Gasteiger partial charge in [-0.3, -0.25) is 9.59 Å². The van der Waals surface area contributed by atoms with Crippen molar-refractivity contribution in [3.8, 4) is 0 Å². The van der Waals surface area contributed by atoms with Crippen LogP contribution < -0.4 is 0 Å². The largest absolute Gasteiger partial charge is 0.481 e. The number of hydrogen-bond donors (Lipinski definition) is 1. The van der Waals surface area contributed by atoms with Crippen molar-refractivity contribution in [1.82, 2.24) is 9.80 Å². The van der Waals surface area contributed by atoms with Gasteiger partial charge in [0, 0.05) is 26.1 Å². The van der Waals surface area contributed by atoms with Gasteiger partial charge in [0.1, 0.15) is 0 Å². The van der Waals surface area contributed by atoms with E-state index in [9.17, 15) is 9.59 Å². The molecule has 0 bridgehead atoms. The Hall–Kier alpha value is -1.10. The summed E-state index contributed by atoms with van der Waals surface area (Å²) in [7, 11) is 2.13. The van der Waals surface area contributed by atoms with Crippen LogP contribution in [-0.4, -0.2) is 60.0 Å². The minimum atomic E-state index is -0.833. The summed E-state index contributed by atoms with van der Waals surface area (Å²) >= 11 is 0. The molecule has 0 aromatic rings. The van der Waals surface area contributed by atoms with E-state index in [2.05, 4.69) is 11.9 Å². The highest BCUT2D eigenvalue weighted by atomic mass is 16.4. The summed E-state index contributed by atoms with van der Waals surface area (Å²) < 4.78 is 0. The van der Waals surface area contributed by atoms with E-state index in [1.807, 2.05) is 4.90 Å². The van der Waals surface area contributed by atoms with Crippen LogP contribution in [0.1, 0.15) is 25.7 Å². The van der Waals surface area contributed by atoms with Gasteiger partial charge in [0.2, 0.25) is 5.91 Å². The predicted octanol–water partition coefficient (Wildman–Crippen LogP) is 0.651. The van der Waals surface area contributed by atoms with Crippen molar-refractivity contribution in [3.05, 3.63) is 0 Å². The van der Waals surface area contributed by atoms with Gasteiger partial charge < -0.3 is 14.9 Å². The second-order valence-corrected chi connectivity index (χ2v) is 5.61. The zero-order valence-electron chi connectivity index (χ0n) is 11.0. The number of piperidine rings is 1. The van der Waals surface area contributed by atoms with Crippen molar-refractivity contribution in [2.45, 2.75) is 25.7 Å². The average Bonchev–Trinajstić information content (AvgIpc) is 2.73. The van der Waals surface area contributed by atoms with E-state index in [0.29, 0.717) is 18.9 Å². The number of hydrogen-bond acceptors (Lipinski definition) is 3. The quantitative estimate of drug-likeness (QED) is 0.800. The molecule has 2 unspecified atom stereocenters. The maximum absolute atomic E-state index is 11.8. The molecule has 0 saturated carbocycles. The van der Waals surface area contributed by atoms with Gasteiger partial charge in [-0.2, -0.15) is 0 Å². The van der Waals surface area contributed by atoms with E-state index in [4.69, 9.17) is 5.11 Å². The number of aliphatic carboxylic acids is 1. The van der Waals surface area contributed by atoms with Crippen molar-refractivity contribution in [2.24, 2.45) is 11.8 Å². The third-order valence-corrected chi connectivity index (χ3v) is 4.17. The molecule has 1 amide bonds. The zero-order valence-corrected chi connectivity index (χ0v) is 11.0. The monoisotopic (exact) mass is 254 g/mol. The van der Waals surface area contributed by atoms with Crippen LogP contribution in [0.4, 0.5) is 0 Å². The van der Waals surface area contributed by atoms with Crippen LogP contribution in [0.3, 0.4) is 0 Å². The molecule has 5 heteroatoms. The van der Waals surface area contributed by atoms with Gasteiger partial charge in [0.15, 0.2) is 0 Å². The fourth-order valence-corrected chi connectivity index (χ4v) is 2.93. The Bertz CT molecular complexity index is 332. The summed E-state index contributed by atoms with van der Waals surface area (Å²) in [6.45, 7) is 3.68. The summed E-state index contributed by atoms with van der Waals surface area (Å²) in [6.07, 6.45) is 3.05. The van der Waals surface area contributed by atoms with Crippen molar-refractivity contribution < 1.29 is 14.7 Å². The molecule has 0 aliphatic carbocycles. The Morgan fingerprint density at radius 1 is 1.39 bits per heavy atom. The molecule has 5 nitrogen and oxygen atoms in total. The van der Waals surface area contributed by atoms with Gasteiger partial charge >= 0.3 is 5.97 Å². The standard InChI is InChI=1S/C13H22N2O3/c1-14-5-2-10(9-14)3-6-15-7-4-11(13(17)18)8-12(15)16/h10-11H,2-9H2,1H3,(H,17,18). The number of carbonyl (C=O) groups is 2. The van der Waals surface area contributed by atoms with Gasteiger partial charge in [-0.05, 0) is 38.8 Å². The smallest absolute Gasteiger partial charge is 0.307 e. The first kappa shape index (κ1) is 13.3. The molecule has 0 aromatic carbocycles. The maximum Gasteiger partial charge on any atom is 0.307 e. The summed E-state index contributed by atoms with van der Waals surface area (Å²) in [5, 5.41) is 8.90. The fraction of sp³-hybridized carbons (Fsp3) is 0.846. The molecule has 102 valence electrons. The lowest BCUT2D eigenvalue weighted by molar-refractivity contribution is -0.149. The minimum Gasteiger partial charge on any atom is -0.481 e. The van der Waals surface area contributed by atoms with Crippen molar-refractivity contribution >= 4 is 11.9 Å². The van der Waals surface area contributed by atoms with E-state index in [-0.39, 0.29) is 12.3 Å². The summed E-state index contributed by atoms with van der Waals surface area (Å²) in [4.78, 5) is 26.8. The molecular formula is C13H22N2O3. The van der Waals surface area contributed by atoms with Crippen LogP contribution >= 0.6 is 0 Å². The third kappa shape index (κ3) is 3.22. The van der Waals surface area contributed by atoms with Crippen LogP contribution in [0.5, 0.6) is 0 Å². The van der Waals surface area contributed by atoms with Gasteiger partial charge in [-0.15, -0.1) is 0 Å². The number of carboxylic acid groups (broad SMARTS) is 1. The van der Waals surface area contributed by atoms with E-state index in [1.54, 1.807) is 0 Å². The Morgan fingerprint density at radius 2 is 2.17 bits per heavy atom. The molecule has 2 fully saturated rings. The van der Waals surface area contributed by atoms with Crippen LogP contribution in [0.2, 0.25) is 0 Å². The third-order valence-electron chi connectivity index (χ3n) is 4.17. The normalized spacial score (nSPS) is 29.8. The molecule has 0 aromatic heterocycles. The van der Waals surface area contributed by atoms with Crippen LogP contribution in [-0.2, 0) is 9.59 Å². The number of nitrogens with zero attached hydrogens (tertiary/aromatic N) is 2. The Kier molecular flexibility index (Phi) is 4.22. The van der Waals surface area contributed by atoms with E-state index < -0.39 is 11.9 Å². The second-order valence-electron chi connectivity index (χ2n) is 5.61. The van der Waals surface area contributed by atoms with E-state index in [1.165, 1.54) is 6.42 Å². The van der Waals surface area contributed by atoms with Crippen molar-refractivity contribution in [2.75, 3.05) is 33.2 Å². The lowest BCUT2D eigenvalue weighted by atomic mass is 9.95. The summed E-state index contributed by atoms with van der Waals surface area (Å²) in [6, 6.07) is 0. The first-order valence-electron chi connectivity index (χ1n) is 6.75. The highest BCUT2D eigenvalue weighted by Crippen LogP contribution is 2.22. The molecule has 0 radical (unpaired) electrons. The van der Waals surface area contributed by atoms with Crippen LogP contribution in [0.15, 0.2) is 0 Å². The van der Waals surface area contributed by atoms with Gasteiger partial charge in [-0.25, -0.2) is 0 Å². The molecule has 2 saturated heterocycles. The van der Waals surface area contributed by atoms with Crippen LogP contribution in [0.25, 0.3) is 0 Å². The first-order chi connectivity index (χ1) is 8.56. The average molecular weight is 254 g/mol. The molecule has 2 rings (SSSR count). The topological polar surface area (TPSA) is 60.9 Å². The second kappa shape index (κ2) is 5.69. The van der Waals surface area contributed by atoms with Gasteiger partial charge in [0.05, 0.1) is 5.92 Å². The van der Waals surface area contributed by atoms with Gasteiger partial charge in [0.25, 0.3) is 0 Å². The van der Waals surface area contributed by atoms with Crippen LogP contribution in [0, 0.1) is 11.8 Å². The maximum atomic E-state index is 11.8. The first-order valence-corrected chi connectivity index (χ1v) is 6.75. The zero-order chi connectivity index (χ0) is 13.1.